The summed E-state index contributed by atoms with van der Waals surface area (Å²) in [5, 5.41) is 2.29. The SMILES string of the molecule is CCC(C)(C)C(=O)OCCNC(=O)OCCSc1c(F)c(F)c(S(=O)O)c(F)c1F. The van der Waals surface area contributed by atoms with Crippen LogP contribution in [0.4, 0.5) is 22.4 Å². The molecule has 1 atom stereocenters. The van der Waals surface area contributed by atoms with Gasteiger partial charge in [0.25, 0.3) is 0 Å². The van der Waals surface area contributed by atoms with Crippen LogP contribution in [0.15, 0.2) is 9.79 Å². The zero-order chi connectivity index (χ0) is 23.1. The quantitative estimate of drug-likeness (QED) is 0.133. The summed E-state index contributed by atoms with van der Waals surface area (Å²) in [6, 6.07) is 0. The van der Waals surface area contributed by atoms with Crippen molar-refractivity contribution in [2.75, 3.05) is 25.5 Å². The number of thioether (sulfide) groups is 1. The van der Waals surface area contributed by atoms with Gasteiger partial charge in [0.2, 0.25) is 0 Å². The van der Waals surface area contributed by atoms with Crippen molar-refractivity contribution in [1.29, 1.82) is 0 Å². The Labute approximate surface area is 177 Å². The van der Waals surface area contributed by atoms with E-state index in [0.717, 1.165) is 0 Å². The molecule has 170 valence electrons. The molecule has 0 saturated carbocycles. The molecule has 1 aromatic rings. The number of hydrogen-bond acceptors (Lipinski definition) is 6. The lowest BCUT2D eigenvalue weighted by molar-refractivity contribution is -0.153. The molecule has 2 N–H and O–H groups in total. The zero-order valence-electron chi connectivity index (χ0n) is 16.4. The lowest BCUT2D eigenvalue weighted by Crippen LogP contribution is -2.32. The van der Waals surface area contributed by atoms with Gasteiger partial charge >= 0.3 is 12.1 Å². The van der Waals surface area contributed by atoms with Crippen molar-refractivity contribution in [3.63, 3.8) is 0 Å². The highest BCUT2D eigenvalue weighted by atomic mass is 32.2. The summed E-state index contributed by atoms with van der Waals surface area (Å²) in [6.45, 7) is 4.78. The second-order valence-corrected chi connectivity index (χ2v) is 8.46. The molecule has 13 heteroatoms. The summed E-state index contributed by atoms with van der Waals surface area (Å²) in [7, 11) is 0. The van der Waals surface area contributed by atoms with E-state index in [0.29, 0.717) is 18.2 Å². The Balaban J connectivity index is 2.45. The molecule has 0 heterocycles. The van der Waals surface area contributed by atoms with Crippen LogP contribution in [0, 0.1) is 28.7 Å². The van der Waals surface area contributed by atoms with Gasteiger partial charge in [0.15, 0.2) is 34.3 Å². The highest BCUT2D eigenvalue weighted by Crippen LogP contribution is 2.32. The third-order valence-electron chi connectivity index (χ3n) is 3.96. The molecule has 0 aliphatic rings. The molecule has 0 bridgehead atoms. The van der Waals surface area contributed by atoms with Gasteiger partial charge in [-0.1, -0.05) is 6.92 Å². The van der Waals surface area contributed by atoms with Gasteiger partial charge in [0, 0.05) is 5.75 Å². The van der Waals surface area contributed by atoms with Crippen LogP contribution in [0.5, 0.6) is 0 Å². The van der Waals surface area contributed by atoms with Crippen LogP contribution >= 0.6 is 11.8 Å². The molecule has 1 unspecified atom stereocenters. The van der Waals surface area contributed by atoms with Gasteiger partial charge in [-0.3, -0.25) is 4.79 Å². The summed E-state index contributed by atoms with van der Waals surface area (Å²) in [5.74, 6) is -8.28. The molecule has 1 rings (SSSR count). The fraction of sp³-hybridized carbons (Fsp3) is 0.529. The summed E-state index contributed by atoms with van der Waals surface area (Å²) >= 11 is -2.94. The lowest BCUT2D eigenvalue weighted by atomic mass is 9.91. The Kier molecular flexibility index (Phi) is 10.0. The Hall–Kier alpha value is -1.86. The molecule has 0 radical (unpaired) electrons. The number of nitrogens with one attached hydrogen (secondary N) is 1. The molecule has 0 fully saturated rings. The molecule has 0 spiro atoms. The highest BCUT2D eigenvalue weighted by Gasteiger charge is 2.29. The first-order valence-electron chi connectivity index (χ1n) is 8.61. The summed E-state index contributed by atoms with van der Waals surface area (Å²) in [5.41, 5.74) is -0.647. The number of alkyl carbamates (subject to hydrolysis) is 1. The number of hydrogen-bond donors (Lipinski definition) is 2. The van der Waals surface area contributed by atoms with Gasteiger partial charge in [-0.15, -0.1) is 11.8 Å². The lowest BCUT2D eigenvalue weighted by Gasteiger charge is -2.20. The number of amides is 1. The van der Waals surface area contributed by atoms with Crippen LogP contribution in [0.2, 0.25) is 0 Å². The van der Waals surface area contributed by atoms with E-state index in [-0.39, 0.29) is 25.5 Å². The van der Waals surface area contributed by atoms with Crippen LogP contribution < -0.4 is 5.32 Å². The van der Waals surface area contributed by atoms with E-state index in [4.69, 9.17) is 14.0 Å². The average Bonchev–Trinajstić information content (AvgIpc) is 2.68. The van der Waals surface area contributed by atoms with E-state index in [1.165, 1.54) is 0 Å². The number of ether oxygens (including phenoxy) is 2. The Morgan fingerprint density at radius 3 is 2.13 bits per heavy atom. The minimum absolute atomic E-state index is 0.0308. The fourth-order valence-corrected chi connectivity index (χ4v) is 3.13. The molecule has 0 aliphatic carbocycles. The van der Waals surface area contributed by atoms with Gasteiger partial charge in [-0.25, -0.2) is 26.6 Å². The van der Waals surface area contributed by atoms with Gasteiger partial charge < -0.3 is 19.3 Å². The number of rotatable bonds is 10. The summed E-state index contributed by atoms with van der Waals surface area (Å²) in [4.78, 5) is 20.6. The third kappa shape index (κ3) is 6.84. The van der Waals surface area contributed by atoms with Gasteiger partial charge in [0.1, 0.15) is 18.1 Å². The van der Waals surface area contributed by atoms with E-state index >= 15 is 0 Å². The zero-order valence-corrected chi connectivity index (χ0v) is 18.0. The maximum absolute atomic E-state index is 13.8. The topological polar surface area (TPSA) is 102 Å². The molecular formula is C17H21F4NO6S2. The molecule has 1 aromatic carbocycles. The highest BCUT2D eigenvalue weighted by molar-refractivity contribution is 7.99. The van der Waals surface area contributed by atoms with Crippen LogP contribution in [0.1, 0.15) is 27.2 Å². The van der Waals surface area contributed by atoms with Gasteiger partial charge in [-0.05, 0) is 20.3 Å². The van der Waals surface area contributed by atoms with Crippen LogP contribution in [0.3, 0.4) is 0 Å². The van der Waals surface area contributed by atoms with E-state index in [1.54, 1.807) is 13.8 Å². The number of halogens is 4. The number of carbonyl (C=O) groups is 2. The minimum atomic E-state index is -3.26. The predicted molar refractivity (Wildman–Crippen MR) is 100 cm³/mol. The summed E-state index contributed by atoms with van der Waals surface area (Å²) < 4.78 is 84.2. The average molecular weight is 475 g/mol. The van der Waals surface area contributed by atoms with E-state index in [2.05, 4.69) is 5.32 Å². The number of esters is 1. The Morgan fingerprint density at radius 2 is 1.63 bits per heavy atom. The molecule has 0 aliphatic heterocycles. The van der Waals surface area contributed by atoms with Crippen LogP contribution in [-0.4, -0.2) is 46.3 Å². The Morgan fingerprint density at radius 1 is 1.07 bits per heavy atom. The number of carbonyl (C=O) groups excluding carboxylic acids is 2. The smallest absolute Gasteiger partial charge is 0.407 e. The maximum Gasteiger partial charge on any atom is 0.407 e. The van der Waals surface area contributed by atoms with Gasteiger partial charge in [-0.2, -0.15) is 0 Å². The largest absolute Gasteiger partial charge is 0.463 e. The van der Waals surface area contributed by atoms with Crippen molar-refractivity contribution in [3.8, 4) is 0 Å². The standard InChI is InChI=1S/C17H21F4NO6S2/c1-4-17(2,3)15(23)27-6-5-22-16(24)28-7-8-29-13-9(18)11(20)14(30(25)26)12(21)10(13)19/h4-8H2,1-3H3,(H,22,24)(H,25,26). The third-order valence-corrected chi connectivity index (χ3v) is 5.69. The minimum Gasteiger partial charge on any atom is -0.463 e. The van der Waals surface area contributed by atoms with E-state index in [9.17, 15) is 31.4 Å². The summed E-state index contributed by atoms with van der Waals surface area (Å²) in [6.07, 6.45) is -0.320. The van der Waals surface area contributed by atoms with E-state index in [1.807, 2.05) is 6.92 Å². The van der Waals surface area contributed by atoms with E-state index < -0.39 is 61.6 Å². The van der Waals surface area contributed by atoms with Crippen molar-refractivity contribution in [2.24, 2.45) is 5.41 Å². The van der Waals surface area contributed by atoms with Crippen LogP contribution in [0.25, 0.3) is 0 Å². The van der Waals surface area contributed by atoms with Crippen molar-refractivity contribution < 1.29 is 45.4 Å². The normalized spacial score (nSPS) is 12.4. The Bertz CT molecular complexity index is 793. The van der Waals surface area contributed by atoms with Gasteiger partial charge in [0.05, 0.1) is 16.9 Å². The van der Waals surface area contributed by atoms with Crippen molar-refractivity contribution in [2.45, 2.75) is 37.0 Å². The monoisotopic (exact) mass is 475 g/mol. The molecule has 1 amide bonds. The fourth-order valence-electron chi connectivity index (χ4n) is 1.84. The van der Waals surface area contributed by atoms with Crippen molar-refractivity contribution in [1.82, 2.24) is 5.32 Å². The predicted octanol–water partition coefficient (Wildman–Crippen LogP) is 3.62. The van der Waals surface area contributed by atoms with Crippen molar-refractivity contribution in [3.05, 3.63) is 23.3 Å². The molecule has 0 aromatic heterocycles. The first-order valence-corrected chi connectivity index (χ1v) is 10.7. The maximum atomic E-state index is 13.8. The van der Waals surface area contributed by atoms with Crippen molar-refractivity contribution >= 4 is 34.9 Å². The first kappa shape index (κ1) is 26.2. The molecule has 7 nitrogen and oxygen atoms in total. The van der Waals surface area contributed by atoms with Crippen LogP contribution in [-0.2, 0) is 25.3 Å². The second-order valence-electron chi connectivity index (χ2n) is 6.45. The second kappa shape index (κ2) is 11.5. The molecule has 0 saturated heterocycles. The molecular weight excluding hydrogens is 454 g/mol. The first-order chi connectivity index (χ1) is 13.9. The number of benzene rings is 1. The molecule has 30 heavy (non-hydrogen) atoms.